The maximum absolute atomic E-state index is 12.0. The highest BCUT2D eigenvalue weighted by Crippen LogP contribution is 2.10. The van der Waals surface area contributed by atoms with Gasteiger partial charge < -0.3 is 0 Å². The Kier molecular flexibility index (Phi) is 5.28. The largest absolute Gasteiger partial charge is 0.289 e. The van der Waals surface area contributed by atoms with Crippen molar-refractivity contribution in [1.82, 2.24) is 0 Å². The van der Waals surface area contributed by atoms with Gasteiger partial charge in [-0.2, -0.15) is 0 Å². The van der Waals surface area contributed by atoms with Gasteiger partial charge in [0.2, 0.25) is 0 Å². The van der Waals surface area contributed by atoms with Gasteiger partial charge in [0.25, 0.3) is 0 Å². The summed E-state index contributed by atoms with van der Waals surface area (Å²) in [6.07, 6.45) is 6.64. The average molecular weight is 276 g/mol. The summed E-state index contributed by atoms with van der Waals surface area (Å²) in [7, 11) is 0. The van der Waals surface area contributed by atoms with Gasteiger partial charge in [0.1, 0.15) is 0 Å². The number of allylic oxidation sites excluding steroid dienone is 3. The van der Waals surface area contributed by atoms with Crippen molar-refractivity contribution in [2.24, 2.45) is 0 Å². The van der Waals surface area contributed by atoms with Gasteiger partial charge in [-0.05, 0) is 37.5 Å². The molecule has 0 aromatic heterocycles. The van der Waals surface area contributed by atoms with Crippen molar-refractivity contribution in [2.75, 3.05) is 0 Å². The Morgan fingerprint density at radius 3 is 2.48 bits per heavy atom. The summed E-state index contributed by atoms with van der Waals surface area (Å²) >= 11 is 0. The van der Waals surface area contributed by atoms with Crippen molar-refractivity contribution in [3.05, 3.63) is 89.0 Å². The molecule has 0 radical (unpaired) electrons. The topological polar surface area (TPSA) is 17.1 Å². The van der Waals surface area contributed by atoms with Gasteiger partial charge in [0.15, 0.2) is 5.78 Å². The quantitative estimate of drug-likeness (QED) is 0.422. The van der Waals surface area contributed by atoms with E-state index in [1.165, 1.54) is 11.1 Å². The summed E-state index contributed by atoms with van der Waals surface area (Å²) < 4.78 is 0. The van der Waals surface area contributed by atoms with E-state index in [-0.39, 0.29) is 5.78 Å². The number of carbonyl (C=O) groups is 1. The van der Waals surface area contributed by atoms with E-state index >= 15 is 0 Å². The van der Waals surface area contributed by atoms with E-state index in [2.05, 4.69) is 32.1 Å². The number of rotatable bonds is 5. The molecule has 2 aromatic rings. The molecule has 2 rings (SSSR count). The van der Waals surface area contributed by atoms with E-state index in [0.29, 0.717) is 0 Å². The second-order valence-electron chi connectivity index (χ2n) is 5.29. The number of benzene rings is 2. The van der Waals surface area contributed by atoms with Crippen LogP contribution in [0.5, 0.6) is 0 Å². The Balaban J connectivity index is 2.09. The molecule has 1 heteroatoms. The van der Waals surface area contributed by atoms with Gasteiger partial charge in [0, 0.05) is 5.56 Å². The molecule has 0 aliphatic heterocycles. The van der Waals surface area contributed by atoms with Crippen molar-refractivity contribution in [3.8, 4) is 0 Å². The first-order valence-corrected chi connectivity index (χ1v) is 7.15. The molecule has 0 saturated carbocycles. The summed E-state index contributed by atoms with van der Waals surface area (Å²) in [5.74, 6) is 0.0327. The Labute approximate surface area is 126 Å². The van der Waals surface area contributed by atoms with E-state index in [0.717, 1.165) is 17.5 Å². The normalized spacial score (nSPS) is 10.6. The summed E-state index contributed by atoms with van der Waals surface area (Å²) in [5.41, 5.74) is 4.34. The molecular weight excluding hydrogens is 256 g/mol. The molecule has 0 aliphatic carbocycles. The Bertz CT molecular complexity index is 659. The van der Waals surface area contributed by atoms with Crippen molar-refractivity contribution in [3.63, 3.8) is 0 Å². The number of carbonyl (C=O) groups excluding carboxylic acids is 1. The summed E-state index contributed by atoms with van der Waals surface area (Å²) in [4.78, 5) is 12.0. The Morgan fingerprint density at radius 1 is 1.00 bits per heavy atom. The SMILES string of the molecule is CC(C)=CCc1cccc(C=CC(=O)c2ccccc2)c1. The third-order valence-corrected chi connectivity index (χ3v) is 3.18. The Morgan fingerprint density at radius 2 is 1.76 bits per heavy atom. The first-order chi connectivity index (χ1) is 10.1. The van der Waals surface area contributed by atoms with E-state index in [9.17, 15) is 4.79 Å². The maximum Gasteiger partial charge on any atom is 0.185 e. The molecule has 1 nitrogen and oxygen atoms in total. The highest BCUT2D eigenvalue weighted by Gasteiger charge is 1.99. The summed E-state index contributed by atoms with van der Waals surface area (Å²) in [5, 5.41) is 0. The molecule has 0 atom stereocenters. The van der Waals surface area contributed by atoms with Gasteiger partial charge >= 0.3 is 0 Å². The smallest absolute Gasteiger partial charge is 0.185 e. The fourth-order valence-electron chi connectivity index (χ4n) is 2.02. The predicted molar refractivity (Wildman–Crippen MR) is 89.4 cm³/mol. The lowest BCUT2D eigenvalue weighted by atomic mass is 10.1. The fraction of sp³-hybridized carbons (Fsp3) is 0.150. The molecule has 0 bridgehead atoms. The zero-order valence-corrected chi connectivity index (χ0v) is 12.5. The maximum atomic E-state index is 12.0. The number of ketones is 1. The molecule has 2 aromatic carbocycles. The highest BCUT2D eigenvalue weighted by molar-refractivity contribution is 6.06. The van der Waals surface area contributed by atoms with Crippen LogP contribution >= 0.6 is 0 Å². The Hall–Kier alpha value is -2.41. The lowest BCUT2D eigenvalue weighted by Gasteiger charge is -2.00. The molecule has 0 aliphatic rings. The summed E-state index contributed by atoms with van der Waals surface area (Å²) in [6.45, 7) is 4.20. The molecule has 21 heavy (non-hydrogen) atoms. The molecule has 0 amide bonds. The first kappa shape index (κ1) is 15.0. The lowest BCUT2D eigenvalue weighted by molar-refractivity contribution is 0.104. The van der Waals surface area contributed by atoms with Crippen molar-refractivity contribution in [1.29, 1.82) is 0 Å². The molecule has 0 fully saturated rings. The van der Waals surface area contributed by atoms with E-state index < -0.39 is 0 Å². The van der Waals surface area contributed by atoms with Gasteiger partial charge in [0.05, 0.1) is 0 Å². The minimum absolute atomic E-state index is 0.0327. The fourth-order valence-corrected chi connectivity index (χ4v) is 2.02. The minimum Gasteiger partial charge on any atom is -0.289 e. The van der Waals surface area contributed by atoms with Crippen LogP contribution in [0.2, 0.25) is 0 Å². The molecule has 0 unspecified atom stereocenters. The molecular formula is C20H20O. The molecule has 0 N–H and O–H groups in total. The van der Waals surface area contributed by atoms with Gasteiger partial charge in [-0.25, -0.2) is 0 Å². The van der Waals surface area contributed by atoms with Crippen molar-refractivity contribution >= 4 is 11.9 Å². The summed E-state index contributed by atoms with van der Waals surface area (Å²) in [6, 6.07) is 17.6. The second-order valence-corrected chi connectivity index (χ2v) is 5.29. The lowest BCUT2D eigenvalue weighted by Crippen LogP contribution is -1.92. The molecule has 0 spiro atoms. The van der Waals surface area contributed by atoms with Gasteiger partial charge in [-0.3, -0.25) is 4.79 Å². The second kappa shape index (κ2) is 7.39. The zero-order chi connectivity index (χ0) is 15.1. The van der Waals surface area contributed by atoms with E-state index in [4.69, 9.17) is 0 Å². The van der Waals surface area contributed by atoms with Crippen LogP contribution in [-0.4, -0.2) is 5.78 Å². The molecule has 106 valence electrons. The third kappa shape index (κ3) is 4.88. The predicted octanol–water partition coefficient (Wildman–Crippen LogP) is 5.09. The first-order valence-electron chi connectivity index (χ1n) is 7.15. The third-order valence-electron chi connectivity index (χ3n) is 3.18. The monoisotopic (exact) mass is 276 g/mol. The van der Waals surface area contributed by atoms with Gasteiger partial charge in [-0.1, -0.05) is 72.3 Å². The van der Waals surface area contributed by atoms with Crippen LogP contribution in [0, 0.1) is 0 Å². The van der Waals surface area contributed by atoms with Crippen LogP contribution in [0.1, 0.15) is 35.3 Å². The van der Waals surface area contributed by atoms with Crippen LogP contribution in [0.25, 0.3) is 6.08 Å². The average Bonchev–Trinajstić information content (AvgIpc) is 2.52. The molecule has 0 saturated heterocycles. The van der Waals surface area contributed by atoms with Crippen LogP contribution in [0.4, 0.5) is 0 Å². The number of hydrogen-bond donors (Lipinski definition) is 0. The molecule has 0 heterocycles. The van der Waals surface area contributed by atoms with Crippen molar-refractivity contribution < 1.29 is 4.79 Å². The number of hydrogen-bond acceptors (Lipinski definition) is 1. The zero-order valence-electron chi connectivity index (χ0n) is 12.5. The van der Waals surface area contributed by atoms with Crippen LogP contribution in [0.3, 0.4) is 0 Å². The van der Waals surface area contributed by atoms with Crippen LogP contribution in [0.15, 0.2) is 72.3 Å². The highest BCUT2D eigenvalue weighted by atomic mass is 16.1. The van der Waals surface area contributed by atoms with Crippen LogP contribution in [-0.2, 0) is 6.42 Å². The minimum atomic E-state index is 0.0327. The van der Waals surface area contributed by atoms with Crippen molar-refractivity contribution in [2.45, 2.75) is 20.3 Å². The van der Waals surface area contributed by atoms with Crippen LogP contribution < -0.4 is 0 Å². The van der Waals surface area contributed by atoms with Gasteiger partial charge in [-0.15, -0.1) is 0 Å². The standard InChI is InChI=1S/C20H20O/c1-16(2)11-12-17-7-6-8-18(15-17)13-14-20(21)19-9-4-3-5-10-19/h3-11,13-15H,12H2,1-2H3. The van der Waals surface area contributed by atoms with E-state index in [1.807, 2.05) is 48.5 Å². The van der Waals surface area contributed by atoms with E-state index in [1.54, 1.807) is 6.08 Å².